The molecular formula is C13H14N2O4. The summed E-state index contributed by atoms with van der Waals surface area (Å²) in [6, 6.07) is 6.49. The molecule has 2 aromatic rings. The number of hydrogen-bond donors (Lipinski definition) is 1. The van der Waals surface area contributed by atoms with E-state index in [0.717, 1.165) is 5.56 Å². The molecule has 0 fully saturated rings. The lowest BCUT2D eigenvalue weighted by atomic mass is 10.2. The topological polar surface area (TPSA) is 73.7 Å². The molecule has 0 aliphatic rings. The van der Waals surface area contributed by atoms with E-state index in [2.05, 4.69) is 9.97 Å². The lowest BCUT2D eigenvalue weighted by Gasteiger charge is -2.08. The first-order valence-electron chi connectivity index (χ1n) is 5.56. The Hall–Kier alpha value is -2.50. The van der Waals surface area contributed by atoms with Gasteiger partial charge in [-0.1, -0.05) is 0 Å². The molecule has 0 spiro atoms. The Morgan fingerprint density at radius 1 is 0.947 bits per heavy atom. The van der Waals surface area contributed by atoms with Crippen LogP contribution in [0.3, 0.4) is 0 Å². The minimum Gasteiger partial charge on any atom is -0.508 e. The van der Waals surface area contributed by atoms with Gasteiger partial charge in [-0.2, -0.15) is 9.97 Å². The van der Waals surface area contributed by atoms with Crippen molar-refractivity contribution in [3.63, 3.8) is 0 Å². The zero-order chi connectivity index (χ0) is 13.8. The minimum atomic E-state index is 0.0844. The lowest BCUT2D eigenvalue weighted by Crippen LogP contribution is -1.98. The molecule has 0 saturated heterocycles. The first-order valence-corrected chi connectivity index (χ1v) is 5.56. The maximum atomic E-state index is 9.50. The van der Waals surface area contributed by atoms with Crippen molar-refractivity contribution in [2.45, 2.75) is 6.92 Å². The van der Waals surface area contributed by atoms with E-state index in [-0.39, 0.29) is 11.8 Å². The van der Waals surface area contributed by atoms with Crippen LogP contribution in [0.4, 0.5) is 0 Å². The molecule has 0 aliphatic heterocycles. The van der Waals surface area contributed by atoms with Gasteiger partial charge in [-0.05, 0) is 24.6 Å². The lowest BCUT2D eigenvalue weighted by molar-refractivity contribution is 0.347. The van der Waals surface area contributed by atoms with Gasteiger partial charge in [-0.15, -0.1) is 0 Å². The molecule has 2 rings (SSSR count). The molecule has 0 saturated carbocycles. The number of aryl methyl sites for hydroxylation is 1. The third kappa shape index (κ3) is 3.25. The Morgan fingerprint density at radius 2 is 1.58 bits per heavy atom. The standard InChI is InChI=1S/C13H14N2O4/c1-8-4-9(16)6-10(5-8)19-13-14-11(17-2)7-12(15-13)18-3/h4-7,16H,1-3H3. The second-order valence-electron chi connectivity index (χ2n) is 3.84. The van der Waals surface area contributed by atoms with Crippen LogP contribution in [-0.2, 0) is 0 Å². The van der Waals surface area contributed by atoms with Crippen molar-refractivity contribution in [3.8, 4) is 29.3 Å². The van der Waals surface area contributed by atoms with E-state index in [9.17, 15) is 5.11 Å². The number of ether oxygens (including phenoxy) is 3. The molecule has 0 aliphatic carbocycles. The minimum absolute atomic E-state index is 0.0844. The number of phenolic OH excluding ortho intramolecular Hbond substituents is 1. The number of benzene rings is 1. The van der Waals surface area contributed by atoms with Crippen LogP contribution in [0.2, 0.25) is 0 Å². The summed E-state index contributed by atoms with van der Waals surface area (Å²) < 4.78 is 15.5. The second-order valence-corrected chi connectivity index (χ2v) is 3.84. The SMILES string of the molecule is COc1cc(OC)nc(Oc2cc(C)cc(O)c2)n1. The third-order valence-corrected chi connectivity index (χ3v) is 2.32. The monoisotopic (exact) mass is 262 g/mol. The summed E-state index contributed by atoms with van der Waals surface area (Å²) in [6.45, 7) is 1.85. The van der Waals surface area contributed by atoms with Crippen molar-refractivity contribution < 1.29 is 19.3 Å². The van der Waals surface area contributed by atoms with Crippen molar-refractivity contribution in [2.24, 2.45) is 0 Å². The maximum Gasteiger partial charge on any atom is 0.328 e. The number of rotatable bonds is 4. The number of phenols is 1. The molecule has 0 unspecified atom stereocenters. The van der Waals surface area contributed by atoms with Gasteiger partial charge in [0, 0.05) is 6.07 Å². The van der Waals surface area contributed by atoms with Gasteiger partial charge in [0.15, 0.2) is 0 Å². The molecule has 19 heavy (non-hydrogen) atoms. The van der Waals surface area contributed by atoms with Gasteiger partial charge in [0.05, 0.1) is 20.3 Å². The van der Waals surface area contributed by atoms with Crippen molar-refractivity contribution in [1.29, 1.82) is 0 Å². The largest absolute Gasteiger partial charge is 0.508 e. The summed E-state index contributed by atoms with van der Waals surface area (Å²) in [5.74, 6) is 1.22. The smallest absolute Gasteiger partial charge is 0.328 e. The average Bonchev–Trinajstić information content (AvgIpc) is 2.37. The van der Waals surface area contributed by atoms with E-state index in [1.807, 2.05) is 6.92 Å². The van der Waals surface area contributed by atoms with Gasteiger partial charge in [0.25, 0.3) is 0 Å². The molecule has 6 heteroatoms. The Bertz CT molecular complexity index is 544. The second kappa shape index (κ2) is 5.43. The Kier molecular flexibility index (Phi) is 3.70. The van der Waals surface area contributed by atoms with E-state index >= 15 is 0 Å². The third-order valence-electron chi connectivity index (χ3n) is 2.32. The van der Waals surface area contributed by atoms with Crippen molar-refractivity contribution in [2.75, 3.05) is 14.2 Å². The molecule has 1 aromatic heterocycles. The Balaban J connectivity index is 2.31. The van der Waals surface area contributed by atoms with Crippen molar-refractivity contribution >= 4 is 0 Å². The first-order chi connectivity index (χ1) is 9.10. The molecule has 1 aromatic carbocycles. The van der Waals surface area contributed by atoms with Gasteiger partial charge >= 0.3 is 6.01 Å². The molecule has 0 radical (unpaired) electrons. The van der Waals surface area contributed by atoms with E-state index in [0.29, 0.717) is 17.5 Å². The highest BCUT2D eigenvalue weighted by molar-refractivity contribution is 5.38. The normalized spacial score (nSPS) is 10.1. The van der Waals surface area contributed by atoms with Crippen LogP contribution in [-0.4, -0.2) is 29.3 Å². The summed E-state index contributed by atoms with van der Waals surface area (Å²) >= 11 is 0. The van der Waals surface area contributed by atoms with Crippen molar-refractivity contribution in [1.82, 2.24) is 9.97 Å². The Morgan fingerprint density at radius 3 is 2.11 bits per heavy atom. The van der Waals surface area contributed by atoms with Gasteiger partial charge < -0.3 is 19.3 Å². The molecule has 0 atom stereocenters. The highest BCUT2D eigenvalue weighted by atomic mass is 16.5. The number of nitrogens with zero attached hydrogens (tertiary/aromatic N) is 2. The summed E-state index contributed by atoms with van der Waals surface area (Å²) in [5.41, 5.74) is 0.866. The molecular weight excluding hydrogens is 248 g/mol. The predicted octanol–water partition coefficient (Wildman–Crippen LogP) is 2.30. The van der Waals surface area contributed by atoms with Crippen LogP contribution in [0, 0.1) is 6.92 Å². The molecule has 0 bridgehead atoms. The van der Waals surface area contributed by atoms with Gasteiger partial charge in [-0.25, -0.2) is 0 Å². The maximum absolute atomic E-state index is 9.50. The summed E-state index contributed by atoms with van der Waals surface area (Å²) in [4.78, 5) is 8.07. The van der Waals surface area contributed by atoms with Crippen LogP contribution in [0.1, 0.15) is 5.56 Å². The fourth-order valence-corrected chi connectivity index (χ4v) is 1.53. The van der Waals surface area contributed by atoms with Gasteiger partial charge in [0.2, 0.25) is 11.8 Å². The van der Waals surface area contributed by atoms with E-state index in [1.54, 1.807) is 18.2 Å². The number of aromatic nitrogens is 2. The quantitative estimate of drug-likeness (QED) is 0.911. The van der Waals surface area contributed by atoms with Crippen LogP contribution >= 0.6 is 0 Å². The summed E-state index contributed by atoms with van der Waals surface area (Å²) in [6.07, 6.45) is 0. The fraction of sp³-hybridized carbons (Fsp3) is 0.231. The van der Waals surface area contributed by atoms with Crippen molar-refractivity contribution in [3.05, 3.63) is 29.8 Å². The number of aromatic hydroxyl groups is 1. The van der Waals surface area contributed by atoms with E-state index < -0.39 is 0 Å². The molecule has 6 nitrogen and oxygen atoms in total. The summed E-state index contributed by atoms with van der Waals surface area (Å²) in [7, 11) is 2.98. The highest BCUT2D eigenvalue weighted by Crippen LogP contribution is 2.27. The van der Waals surface area contributed by atoms with Gasteiger partial charge in [0.1, 0.15) is 11.5 Å². The molecule has 1 N–H and O–H groups in total. The zero-order valence-electron chi connectivity index (χ0n) is 10.9. The highest BCUT2D eigenvalue weighted by Gasteiger charge is 2.08. The summed E-state index contributed by atoms with van der Waals surface area (Å²) in [5, 5.41) is 9.50. The number of methoxy groups -OCH3 is 2. The molecule has 0 amide bonds. The number of hydrogen-bond acceptors (Lipinski definition) is 6. The van der Waals surface area contributed by atoms with E-state index in [1.165, 1.54) is 20.3 Å². The Labute approximate surface area is 110 Å². The van der Waals surface area contributed by atoms with Crippen LogP contribution < -0.4 is 14.2 Å². The van der Waals surface area contributed by atoms with Crippen LogP contribution in [0.15, 0.2) is 24.3 Å². The zero-order valence-corrected chi connectivity index (χ0v) is 10.9. The van der Waals surface area contributed by atoms with Gasteiger partial charge in [-0.3, -0.25) is 0 Å². The fourth-order valence-electron chi connectivity index (χ4n) is 1.53. The predicted molar refractivity (Wildman–Crippen MR) is 68.1 cm³/mol. The molecule has 1 heterocycles. The average molecular weight is 262 g/mol. The van der Waals surface area contributed by atoms with Crippen LogP contribution in [0.25, 0.3) is 0 Å². The van der Waals surface area contributed by atoms with Crippen LogP contribution in [0.5, 0.6) is 29.3 Å². The molecule has 100 valence electrons. The van der Waals surface area contributed by atoms with E-state index in [4.69, 9.17) is 14.2 Å². The first kappa shape index (κ1) is 12.9.